The summed E-state index contributed by atoms with van der Waals surface area (Å²) in [7, 11) is 0. The Labute approximate surface area is 119 Å². The van der Waals surface area contributed by atoms with E-state index >= 15 is 0 Å². The van der Waals surface area contributed by atoms with E-state index in [9.17, 15) is 0 Å². The molecule has 0 aliphatic carbocycles. The van der Waals surface area contributed by atoms with E-state index in [1.165, 1.54) is 17.8 Å². The molecule has 3 aromatic rings. The van der Waals surface area contributed by atoms with E-state index in [1.807, 2.05) is 34.5 Å². The molecule has 0 saturated heterocycles. The Morgan fingerprint density at radius 2 is 2.26 bits per heavy atom. The number of thioether (sulfide) groups is 1. The molecule has 0 unspecified atom stereocenters. The minimum absolute atomic E-state index is 0.827. The quantitative estimate of drug-likeness (QED) is 0.677. The molecule has 3 aromatic heterocycles. The number of pyridine rings is 1. The molecular formula is C12H13N5S2. The molecule has 0 spiro atoms. The maximum absolute atomic E-state index is 4.56. The first kappa shape index (κ1) is 12.6. The molecule has 0 atom stereocenters. The highest BCUT2D eigenvalue weighted by Crippen LogP contribution is 2.24. The average molecular weight is 291 g/mol. The van der Waals surface area contributed by atoms with Crippen molar-refractivity contribution in [1.82, 2.24) is 24.8 Å². The topological polar surface area (TPSA) is 56.0 Å². The van der Waals surface area contributed by atoms with Gasteiger partial charge in [0.05, 0.1) is 5.75 Å². The van der Waals surface area contributed by atoms with Gasteiger partial charge in [0.15, 0.2) is 10.8 Å². The molecule has 5 nitrogen and oxygen atoms in total. The zero-order chi connectivity index (χ0) is 13.1. The van der Waals surface area contributed by atoms with Gasteiger partial charge in [0.1, 0.15) is 5.69 Å². The van der Waals surface area contributed by atoms with Gasteiger partial charge < -0.3 is 0 Å². The third-order valence-corrected chi connectivity index (χ3v) is 4.60. The Morgan fingerprint density at radius 1 is 1.32 bits per heavy atom. The fourth-order valence-corrected chi connectivity index (χ4v) is 3.28. The average Bonchev–Trinajstić information content (AvgIpc) is 3.02. The van der Waals surface area contributed by atoms with Crippen LogP contribution in [0.4, 0.5) is 0 Å². The summed E-state index contributed by atoms with van der Waals surface area (Å²) in [5.74, 6) is 2.89. The Morgan fingerprint density at radius 3 is 3.05 bits per heavy atom. The van der Waals surface area contributed by atoms with E-state index < -0.39 is 0 Å². The van der Waals surface area contributed by atoms with Crippen molar-refractivity contribution in [3.63, 3.8) is 0 Å². The van der Waals surface area contributed by atoms with Crippen molar-refractivity contribution in [3.05, 3.63) is 30.2 Å². The maximum atomic E-state index is 4.56. The molecule has 0 amide bonds. The standard InChI is InChI=1S/C12H13N5S2/c1-2-7-18-8-10-14-15-12-17(10)16-11(19-12)9-5-3-4-6-13-9/h3-6H,2,7-8H2,1H3. The van der Waals surface area contributed by atoms with Gasteiger partial charge in [0, 0.05) is 6.20 Å². The molecule has 0 bridgehead atoms. The van der Waals surface area contributed by atoms with E-state index in [1.54, 1.807) is 6.20 Å². The van der Waals surface area contributed by atoms with Crippen molar-refractivity contribution in [2.75, 3.05) is 5.75 Å². The Bertz CT molecular complexity index is 661. The lowest BCUT2D eigenvalue weighted by Crippen LogP contribution is -1.95. The fourth-order valence-electron chi connectivity index (χ4n) is 1.65. The summed E-state index contributed by atoms with van der Waals surface area (Å²) < 4.78 is 1.83. The van der Waals surface area contributed by atoms with Crippen molar-refractivity contribution in [3.8, 4) is 10.7 Å². The molecular weight excluding hydrogens is 278 g/mol. The van der Waals surface area contributed by atoms with Crippen molar-refractivity contribution in [1.29, 1.82) is 0 Å². The minimum Gasteiger partial charge on any atom is -0.254 e. The second kappa shape index (κ2) is 5.66. The van der Waals surface area contributed by atoms with Crippen molar-refractivity contribution in [2.45, 2.75) is 19.1 Å². The molecule has 19 heavy (non-hydrogen) atoms. The highest BCUT2D eigenvalue weighted by Gasteiger charge is 2.13. The Balaban J connectivity index is 1.89. The summed E-state index contributed by atoms with van der Waals surface area (Å²) >= 11 is 3.37. The van der Waals surface area contributed by atoms with Gasteiger partial charge in [0.2, 0.25) is 4.96 Å². The van der Waals surface area contributed by atoms with Crippen LogP contribution in [0.3, 0.4) is 0 Å². The highest BCUT2D eigenvalue weighted by molar-refractivity contribution is 7.98. The van der Waals surface area contributed by atoms with Gasteiger partial charge >= 0.3 is 0 Å². The van der Waals surface area contributed by atoms with Crippen LogP contribution < -0.4 is 0 Å². The van der Waals surface area contributed by atoms with E-state index in [-0.39, 0.29) is 0 Å². The van der Waals surface area contributed by atoms with Gasteiger partial charge in [-0.1, -0.05) is 24.3 Å². The van der Waals surface area contributed by atoms with E-state index in [4.69, 9.17) is 0 Å². The number of fused-ring (bicyclic) bond motifs is 1. The molecule has 0 radical (unpaired) electrons. The van der Waals surface area contributed by atoms with Gasteiger partial charge in [-0.25, -0.2) is 0 Å². The first-order valence-electron chi connectivity index (χ1n) is 6.08. The van der Waals surface area contributed by atoms with Crippen LogP contribution in [0.25, 0.3) is 15.7 Å². The highest BCUT2D eigenvalue weighted by atomic mass is 32.2. The van der Waals surface area contributed by atoms with E-state index in [0.717, 1.165) is 33.0 Å². The predicted octanol–water partition coefficient (Wildman–Crippen LogP) is 2.89. The number of aromatic nitrogens is 5. The second-order valence-corrected chi connectivity index (χ2v) is 6.05. The van der Waals surface area contributed by atoms with Crippen LogP contribution in [0.1, 0.15) is 19.2 Å². The normalized spacial score (nSPS) is 11.2. The SMILES string of the molecule is CCCSCc1nnc2sc(-c3ccccn3)nn12. The van der Waals surface area contributed by atoms with Crippen LogP contribution in [-0.4, -0.2) is 30.5 Å². The minimum atomic E-state index is 0.827. The zero-order valence-corrected chi connectivity index (χ0v) is 12.1. The summed E-state index contributed by atoms with van der Waals surface area (Å²) in [4.78, 5) is 5.14. The van der Waals surface area contributed by atoms with Gasteiger partial charge in [0.25, 0.3) is 0 Å². The number of hydrogen-bond acceptors (Lipinski definition) is 6. The monoisotopic (exact) mass is 291 g/mol. The smallest absolute Gasteiger partial charge is 0.235 e. The number of rotatable bonds is 5. The van der Waals surface area contributed by atoms with Gasteiger partial charge in [-0.3, -0.25) is 4.98 Å². The van der Waals surface area contributed by atoms with Gasteiger partial charge in [-0.05, 0) is 24.3 Å². The molecule has 3 heterocycles. The molecule has 0 aromatic carbocycles. The van der Waals surface area contributed by atoms with Crippen LogP contribution >= 0.6 is 23.1 Å². The third-order valence-electron chi connectivity index (χ3n) is 2.52. The lowest BCUT2D eigenvalue weighted by atomic mass is 10.4. The molecule has 0 aliphatic rings. The molecule has 0 N–H and O–H groups in total. The molecule has 7 heteroatoms. The van der Waals surface area contributed by atoms with Gasteiger partial charge in [-0.2, -0.15) is 21.4 Å². The maximum Gasteiger partial charge on any atom is 0.235 e. The Hall–Kier alpha value is -1.47. The fraction of sp³-hybridized carbons (Fsp3) is 0.333. The summed E-state index contributed by atoms with van der Waals surface area (Å²) in [6.45, 7) is 2.18. The van der Waals surface area contributed by atoms with Crippen molar-refractivity contribution >= 4 is 28.1 Å². The third kappa shape index (κ3) is 2.62. The lowest BCUT2D eigenvalue weighted by molar-refractivity contribution is 0.885. The van der Waals surface area contributed by atoms with Crippen LogP contribution in [0.15, 0.2) is 24.4 Å². The van der Waals surface area contributed by atoms with Gasteiger partial charge in [-0.15, -0.1) is 10.2 Å². The number of nitrogens with zero attached hydrogens (tertiary/aromatic N) is 5. The van der Waals surface area contributed by atoms with E-state index in [0.29, 0.717) is 0 Å². The lowest BCUT2D eigenvalue weighted by Gasteiger charge is -1.95. The molecule has 0 aliphatic heterocycles. The van der Waals surface area contributed by atoms with Crippen LogP contribution in [0.5, 0.6) is 0 Å². The predicted molar refractivity (Wildman–Crippen MR) is 78.3 cm³/mol. The van der Waals surface area contributed by atoms with Crippen molar-refractivity contribution < 1.29 is 0 Å². The molecule has 0 saturated carbocycles. The largest absolute Gasteiger partial charge is 0.254 e. The van der Waals surface area contributed by atoms with Crippen LogP contribution in [0.2, 0.25) is 0 Å². The first-order valence-corrected chi connectivity index (χ1v) is 8.06. The van der Waals surface area contributed by atoms with Crippen LogP contribution in [0, 0.1) is 0 Å². The van der Waals surface area contributed by atoms with E-state index in [2.05, 4.69) is 27.2 Å². The summed E-state index contributed by atoms with van der Waals surface area (Å²) in [6.07, 6.45) is 2.94. The summed E-state index contributed by atoms with van der Waals surface area (Å²) in [6, 6.07) is 5.82. The zero-order valence-electron chi connectivity index (χ0n) is 10.5. The molecule has 98 valence electrons. The summed E-state index contributed by atoms with van der Waals surface area (Å²) in [5.41, 5.74) is 0.880. The van der Waals surface area contributed by atoms with Crippen molar-refractivity contribution in [2.24, 2.45) is 0 Å². The first-order chi connectivity index (χ1) is 9.38. The second-order valence-electron chi connectivity index (χ2n) is 3.99. The molecule has 0 fully saturated rings. The number of hydrogen-bond donors (Lipinski definition) is 0. The Kier molecular flexibility index (Phi) is 3.74. The summed E-state index contributed by atoms with van der Waals surface area (Å²) in [5, 5.41) is 13.8. The van der Waals surface area contributed by atoms with Crippen LogP contribution in [-0.2, 0) is 5.75 Å². The molecule has 3 rings (SSSR count).